The minimum atomic E-state index is -3.94. The van der Waals surface area contributed by atoms with Crippen LogP contribution in [0.5, 0.6) is 0 Å². The molecule has 0 aliphatic carbocycles. The number of nitrogens with one attached hydrogen (secondary N) is 3. The molecule has 0 spiro atoms. The predicted molar refractivity (Wildman–Crippen MR) is 68.5 cm³/mol. The van der Waals surface area contributed by atoms with E-state index in [1.807, 2.05) is 4.98 Å². The van der Waals surface area contributed by atoms with Crippen molar-refractivity contribution in [1.82, 2.24) is 19.6 Å². The van der Waals surface area contributed by atoms with Crippen molar-refractivity contribution in [1.29, 1.82) is 0 Å². The second kappa shape index (κ2) is 4.58. The van der Waals surface area contributed by atoms with Crippen molar-refractivity contribution in [2.75, 3.05) is 19.6 Å². The van der Waals surface area contributed by atoms with Crippen LogP contribution >= 0.6 is 0 Å². The lowest BCUT2D eigenvalue weighted by atomic mass is 10.0. The van der Waals surface area contributed by atoms with Crippen molar-refractivity contribution in [3.05, 3.63) is 27.0 Å². The number of nitrogens with zero attached hydrogens (tertiary/aromatic N) is 1. The Bertz CT molecular complexity index is 688. The van der Waals surface area contributed by atoms with Crippen LogP contribution < -0.4 is 16.6 Å². The van der Waals surface area contributed by atoms with E-state index in [4.69, 9.17) is 0 Å². The fraction of sp³-hybridized carbons (Fsp3) is 0.600. The van der Waals surface area contributed by atoms with Crippen LogP contribution in [0.15, 0.2) is 20.7 Å². The molecule has 1 aromatic rings. The summed E-state index contributed by atoms with van der Waals surface area (Å²) >= 11 is 0. The van der Waals surface area contributed by atoms with E-state index in [0.29, 0.717) is 13.1 Å². The summed E-state index contributed by atoms with van der Waals surface area (Å²) in [7, 11) is -3.94. The van der Waals surface area contributed by atoms with E-state index in [1.165, 1.54) is 4.31 Å². The first-order valence-electron chi connectivity index (χ1n) is 5.81. The van der Waals surface area contributed by atoms with Crippen LogP contribution in [0.3, 0.4) is 0 Å². The smallest absolute Gasteiger partial charge is 0.314 e. The number of piperazine rings is 1. The molecule has 1 aromatic heterocycles. The van der Waals surface area contributed by atoms with E-state index in [9.17, 15) is 18.0 Å². The third-order valence-corrected chi connectivity index (χ3v) is 5.19. The van der Waals surface area contributed by atoms with Gasteiger partial charge in [0.2, 0.25) is 0 Å². The number of hydrogen-bond donors (Lipinski definition) is 3. The Hall–Kier alpha value is -1.45. The first kappa shape index (κ1) is 14.0. The normalized spacial score (nSPS) is 20.3. The number of sulfonamides is 1. The van der Waals surface area contributed by atoms with Crippen molar-refractivity contribution in [2.24, 2.45) is 0 Å². The van der Waals surface area contributed by atoms with Crippen molar-refractivity contribution in [2.45, 2.75) is 24.3 Å². The molecule has 0 saturated carbocycles. The number of hydrogen-bond acceptors (Lipinski definition) is 5. The van der Waals surface area contributed by atoms with E-state index in [-0.39, 0.29) is 6.54 Å². The highest BCUT2D eigenvalue weighted by molar-refractivity contribution is 7.89. The Morgan fingerprint density at radius 1 is 1.32 bits per heavy atom. The minimum Gasteiger partial charge on any atom is -0.314 e. The summed E-state index contributed by atoms with van der Waals surface area (Å²) in [5.41, 5.74) is -2.28. The molecule has 3 N–H and O–H groups in total. The molecule has 1 aliphatic heterocycles. The fourth-order valence-corrected chi connectivity index (χ4v) is 3.90. The molecule has 106 valence electrons. The Kier molecular flexibility index (Phi) is 3.37. The number of rotatable bonds is 2. The van der Waals surface area contributed by atoms with Crippen LogP contribution in [0, 0.1) is 0 Å². The van der Waals surface area contributed by atoms with Crippen molar-refractivity contribution in [3.63, 3.8) is 0 Å². The highest BCUT2D eigenvalue weighted by atomic mass is 32.2. The molecule has 1 saturated heterocycles. The van der Waals surface area contributed by atoms with Gasteiger partial charge in [-0.15, -0.1) is 0 Å². The molecule has 0 unspecified atom stereocenters. The molecule has 1 fully saturated rings. The maximum absolute atomic E-state index is 12.5. The van der Waals surface area contributed by atoms with Gasteiger partial charge in [-0.05, 0) is 13.8 Å². The Morgan fingerprint density at radius 2 is 2.00 bits per heavy atom. The highest BCUT2D eigenvalue weighted by Gasteiger charge is 2.40. The molecule has 0 amide bonds. The van der Waals surface area contributed by atoms with Gasteiger partial charge < -0.3 is 10.3 Å². The Balaban J connectivity index is 2.53. The number of aromatic nitrogens is 2. The highest BCUT2D eigenvalue weighted by Crippen LogP contribution is 2.23. The van der Waals surface area contributed by atoms with Crippen molar-refractivity contribution >= 4 is 10.0 Å². The van der Waals surface area contributed by atoms with E-state index in [2.05, 4.69) is 10.3 Å². The van der Waals surface area contributed by atoms with Crippen LogP contribution in [-0.4, -0.2) is 47.9 Å². The first-order chi connectivity index (χ1) is 8.75. The second-order valence-electron chi connectivity index (χ2n) is 5.00. The standard InChI is InChI=1S/C10H16N4O4S/c1-10(2)6-11-3-4-14(10)19(17,18)7-5-12-9(16)13-8(7)15/h5,11H,3-4,6H2,1-2H3,(H2,12,13,15,16). The molecule has 8 nitrogen and oxygen atoms in total. The van der Waals surface area contributed by atoms with Gasteiger partial charge >= 0.3 is 5.69 Å². The quantitative estimate of drug-likeness (QED) is 0.608. The summed E-state index contributed by atoms with van der Waals surface area (Å²) in [5, 5.41) is 3.10. The van der Waals surface area contributed by atoms with Gasteiger partial charge in [-0.3, -0.25) is 9.78 Å². The van der Waals surface area contributed by atoms with Crippen LogP contribution in [-0.2, 0) is 10.0 Å². The summed E-state index contributed by atoms with van der Waals surface area (Å²) in [6, 6.07) is 0. The molecule has 9 heteroatoms. The molecule has 0 atom stereocenters. The SMILES string of the molecule is CC1(C)CNCCN1S(=O)(=O)c1c[nH]c(=O)[nH]c1=O. The minimum absolute atomic E-state index is 0.272. The van der Waals surface area contributed by atoms with Crippen LogP contribution in [0.25, 0.3) is 0 Å². The molecule has 1 aliphatic rings. The summed E-state index contributed by atoms with van der Waals surface area (Å²) in [6.45, 7) is 4.83. The van der Waals surface area contributed by atoms with Gasteiger partial charge in [-0.1, -0.05) is 0 Å². The van der Waals surface area contributed by atoms with E-state index in [0.717, 1.165) is 6.20 Å². The molecule has 0 radical (unpaired) electrons. The first-order valence-corrected chi connectivity index (χ1v) is 7.25. The Labute approximate surface area is 109 Å². The zero-order valence-electron chi connectivity index (χ0n) is 10.7. The Morgan fingerprint density at radius 3 is 2.58 bits per heavy atom. The maximum Gasteiger partial charge on any atom is 0.325 e. The van der Waals surface area contributed by atoms with E-state index < -0.39 is 31.7 Å². The largest absolute Gasteiger partial charge is 0.325 e. The molecular weight excluding hydrogens is 272 g/mol. The lowest BCUT2D eigenvalue weighted by Crippen LogP contribution is -2.60. The molecular formula is C10H16N4O4S. The summed E-state index contributed by atoms with van der Waals surface area (Å²) < 4.78 is 26.3. The van der Waals surface area contributed by atoms with Gasteiger partial charge in [0.15, 0.2) is 4.90 Å². The number of H-pyrrole nitrogens is 2. The average Bonchev–Trinajstić information content (AvgIpc) is 2.27. The molecule has 0 aromatic carbocycles. The van der Waals surface area contributed by atoms with Gasteiger partial charge in [0.1, 0.15) is 0 Å². The predicted octanol–water partition coefficient (Wildman–Crippen LogP) is -1.56. The van der Waals surface area contributed by atoms with E-state index >= 15 is 0 Å². The lowest BCUT2D eigenvalue weighted by Gasteiger charge is -2.41. The van der Waals surface area contributed by atoms with Gasteiger partial charge in [0.25, 0.3) is 15.6 Å². The zero-order valence-corrected chi connectivity index (χ0v) is 11.5. The lowest BCUT2D eigenvalue weighted by molar-refractivity contribution is 0.185. The van der Waals surface area contributed by atoms with Gasteiger partial charge in [0.05, 0.1) is 0 Å². The topological polar surface area (TPSA) is 115 Å². The molecule has 2 rings (SSSR count). The van der Waals surface area contributed by atoms with E-state index in [1.54, 1.807) is 13.8 Å². The van der Waals surface area contributed by atoms with Crippen LogP contribution in [0.4, 0.5) is 0 Å². The van der Waals surface area contributed by atoms with Crippen LogP contribution in [0.1, 0.15) is 13.8 Å². The maximum atomic E-state index is 12.5. The fourth-order valence-electron chi connectivity index (χ4n) is 2.12. The molecule has 0 bridgehead atoms. The van der Waals surface area contributed by atoms with Gasteiger partial charge in [0, 0.05) is 31.4 Å². The average molecular weight is 288 g/mol. The molecule has 19 heavy (non-hydrogen) atoms. The third kappa shape index (κ3) is 2.48. The van der Waals surface area contributed by atoms with Gasteiger partial charge in [-0.25, -0.2) is 13.2 Å². The van der Waals surface area contributed by atoms with Crippen LogP contribution in [0.2, 0.25) is 0 Å². The monoisotopic (exact) mass is 288 g/mol. The van der Waals surface area contributed by atoms with Crippen molar-refractivity contribution in [3.8, 4) is 0 Å². The summed E-state index contributed by atoms with van der Waals surface area (Å²) in [6.07, 6.45) is 0.939. The summed E-state index contributed by atoms with van der Waals surface area (Å²) in [4.78, 5) is 26.2. The van der Waals surface area contributed by atoms with Gasteiger partial charge in [-0.2, -0.15) is 4.31 Å². The summed E-state index contributed by atoms with van der Waals surface area (Å²) in [5.74, 6) is 0. The zero-order chi connectivity index (χ0) is 14.3. The molecule has 2 heterocycles. The van der Waals surface area contributed by atoms with Crippen molar-refractivity contribution < 1.29 is 8.42 Å². The number of aromatic amines is 2. The second-order valence-corrected chi connectivity index (χ2v) is 6.83. The third-order valence-electron chi connectivity index (χ3n) is 3.08.